The number of methoxy groups -OCH3 is 1. The molecule has 1 fully saturated rings. The van der Waals surface area contributed by atoms with Gasteiger partial charge in [0, 0.05) is 50.5 Å². The summed E-state index contributed by atoms with van der Waals surface area (Å²) in [6, 6.07) is 8.17. The Hall–Kier alpha value is -3.26. The second-order valence-electron chi connectivity index (χ2n) is 9.17. The zero-order chi connectivity index (χ0) is 22.9. The maximum absolute atomic E-state index is 5.39. The lowest BCUT2D eigenvalue weighted by atomic mass is 9.74. The van der Waals surface area contributed by atoms with E-state index < -0.39 is 0 Å². The Kier molecular flexibility index (Phi) is 5.85. The first-order chi connectivity index (χ1) is 16.0. The fraction of sp³-hybridized carbons (Fsp3) is 0.440. The van der Waals surface area contributed by atoms with E-state index >= 15 is 0 Å². The molecule has 1 aliphatic rings. The summed E-state index contributed by atoms with van der Waals surface area (Å²) in [5.41, 5.74) is 4.84. The molecule has 5 rings (SSSR count). The molecule has 4 aromatic rings. The Bertz CT molecular complexity index is 1240. The second-order valence-corrected chi connectivity index (χ2v) is 9.17. The van der Waals surface area contributed by atoms with Crippen molar-refractivity contribution in [1.82, 2.24) is 29.4 Å². The predicted octanol–water partition coefficient (Wildman–Crippen LogP) is 4.63. The third kappa shape index (κ3) is 4.11. The molecule has 2 unspecified atom stereocenters. The highest BCUT2D eigenvalue weighted by atomic mass is 16.5. The number of anilines is 1. The van der Waals surface area contributed by atoms with Gasteiger partial charge < -0.3 is 10.1 Å². The number of pyridine rings is 1. The molecule has 172 valence electrons. The van der Waals surface area contributed by atoms with Crippen molar-refractivity contribution in [2.45, 2.75) is 39.7 Å². The third-order valence-electron chi connectivity index (χ3n) is 6.68. The first-order valence-corrected chi connectivity index (χ1v) is 11.6. The zero-order valence-corrected chi connectivity index (χ0v) is 19.7. The summed E-state index contributed by atoms with van der Waals surface area (Å²) in [5, 5.41) is 13.2. The van der Waals surface area contributed by atoms with Gasteiger partial charge in [0.25, 0.3) is 0 Å². The highest BCUT2D eigenvalue weighted by Crippen LogP contribution is 2.36. The van der Waals surface area contributed by atoms with Crippen molar-refractivity contribution in [1.29, 1.82) is 0 Å². The standard InChI is InChI=1S/C25H31N7O/c1-16(2)31-12-10-21(29-31)20-14-32-23(17(20)3)25(27-13-18-8-9-19(18)15-33-4)28-24(30-32)22-7-5-6-11-26-22/h5-7,10-12,14,16,18-19H,8-9,13,15H2,1-4H3,(H,27,28,30). The van der Waals surface area contributed by atoms with E-state index in [9.17, 15) is 0 Å². The molecule has 8 heteroatoms. The minimum Gasteiger partial charge on any atom is -0.384 e. The third-order valence-corrected chi connectivity index (χ3v) is 6.68. The van der Waals surface area contributed by atoms with E-state index in [1.165, 1.54) is 12.8 Å². The van der Waals surface area contributed by atoms with Crippen LogP contribution in [0, 0.1) is 18.8 Å². The minimum absolute atomic E-state index is 0.311. The van der Waals surface area contributed by atoms with Crippen molar-refractivity contribution >= 4 is 11.3 Å². The minimum atomic E-state index is 0.311. The number of nitrogens with zero attached hydrogens (tertiary/aromatic N) is 6. The van der Waals surface area contributed by atoms with Crippen LogP contribution in [0.2, 0.25) is 0 Å². The first-order valence-electron chi connectivity index (χ1n) is 11.6. The van der Waals surface area contributed by atoms with Gasteiger partial charge in [-0.3, -0.25) is 9.67 Å². The summed E-state index contributed by atoms with van der Waals surface area (Å²) < 4.78 is 9.29. The quantitative estimate of drug-likeness (QED) is 0.426. The lowest BCUT2D eigenvalue weighted by molar-refractivity contribution is 0.0658. The number of hydrogen-bond acceptors (Lipinski definition) is 6. The monoisotopic (exact) mass is 445 g/mol. The maximum atomic E-state index is 5.39. The molecule has 0 amide bonds. The molecule has 8 nitrogen and oxygen atoms in total. The fourth-order valence-electron chi connectivity index (χ4n) is 4.55. The van der Waals surface area contributed by atoms with Crippen molar-refractivity contribution in [2.75, 3.05) is 25.6 Å². The largest absolute Gasteiger partial charge is 0.384 e. The molecule has 1 aliphatic carbocycles. The van der Waals surface area contributed by atoms with Gasteiger partial charge >= 0.3 is 0 Å². The number of nitrogens with one attached hydrogen (secondary N) is 1. The van der Waals surface area contributed by atoms with Gasteiger partial charge in [0.15, 0.2) is 5.82 Å². The smallest absolute Gasteiger partial charge is 0.200 e. The molecule has 0 spiro atoms. The van der Waals surface area contributed by atoms with Crippen LogP contribution in [0.3, 0.4) is 0 Å². The van der Waals surface area contributed by atoms with Crippen LogP contribution in [0.15, 0.2) is 42.9 Å². The predicted molar refractivity (Wildman–Crippen MR) is 129 cm³/mol. The summed E-state index contributed by atoms with van der Waals surface area (Å²) in [4.78, 5) is 9.38. The maximum Gasteiger partial charge on any atom is 0.200 e. The van der Waals surface area contributed by atoms with E-state index in [1.807, 2.05) is 39.8 Å². The molecule has 0 saturated heterocycles. The van der Waals surface area contributed by atoms with Crippen LogP contribution in [0.5, 0.6) is 0 Å². The topological polar surface area (TPSA) is 82.2 Å². The van der Waals surface area contributed by atoms with Gasteiger partial charge in [-0.05, 0) is 69.2 Å². The van der Waals surface area contributed by atoms with E-state index in [4.69, 9.17) is 19.9 Å². The average molecular weight is 446 g/mol. The lowest BCUT2D eigenvalue weighted by Gasteiger charge is -2.36. The van der Waals surface area contributed by atoms with Crippen molar-refractivity contribution in [3.8, 4) is 22.8 Å². The second kappa shape index (κ2) is 8.94. The van der Waals surface area contributed by atoms with Crippen LogP contribution in [-0.4, -0.2) is 49.6 Å². The van der Waals surface area contributed by atoms with Crippen LogP contribution in [0.4, 0.5) is 5.82 Å². The molecule has 0 radical (unpaired) electrons. The van der Waals surface area contributed by atoms with Gasteiger partial charge in [0.1, 0.15) is 11.2 Å². The van der Waals surface area contributed by atoms with Gasteiger partial charge in [0.05, 0.1) is 5.69 Å². The van der Waals surface area contributed by atoms with Crippen molar-refractivity contribution in [2.24, 2.45) is 11.8 Å². The highest BCUT2D eigenvalue weighted by Gasteiger charge is 2.31. The molecule has 0 bridgehead atoms. The Labute approximate surface area is 194 Å². The molecule has 33 heavy (non-hydrogen) atoms. The molecule has 2 atom stereocenters. The lowest BCUT2D eigenvalue weighted by Crippen LogP contribution is -2.35. The Morgan fingerprint density at radius 3 is 2.64 bits per heavy atom. The van der Waals surface area contributed by atoms with Gasteiger partial charge in [-0.25, -0.2) is 9.50 Å². The molecule has 0 aliphatic heterocycles. The van der Waals surface area contributed by atoms with E-state index in [1.54, 1.807) is 13.3 Å². The van der Waals surface area contributed by atoms with Gasteiger partial charge in [-0.2, -0.15) is 5.10 Å². The van der Waals surface area contributed by atoms with E-state index in [0.29, 0.717) is 23.7 Å². The molecular formula is C25H31N7O. The SMILES string of the molecule is COCC1CCC1CNc1nc(-c2ccccn2)nn2cc(-c3ccn(C(C)C)n3)c(C)c12. The summed E-state index contributed by atoms with van der Waals surface area (Å²) in [7, 11) is 1.78. The fourth-order valence-corrected chi connectivity index (χ4v) is 4.55. The number of ether oxygens (including phenoxy) is 1. The summed E-state index contributed by atoms with van der Waals surface area (Å²) in [6.45, 7) is 8.06. The molecule has 1 N–H and O–H groups in total. The van der Waals surface area contributed by atoms with Crippen LogP contribution in [-0.2, 0) is 4.74 Å². The number of aromatic nitrogens is 6. The number of rotatable bonds is 8. The van der Waals surface area contributed by atoms with Crippen molar-refractivity contribution < 1.29 is 4.74 Å². The van der Waals surface area contributed by atoms with E-state index in [-0.39, 0.29) is 0 Å². The number of hydrogen-bond donors (Lipinski definition) is 1. The zero-order valence-electron chi connectivity index (χ0n) is 19.7. The van der Waals surface area contributed by atoms with Crippen LogP contribution in [0.25, 0.3) is 28.3 Å². The number of fused-ring (bicyclic) bond motifs is 1. The Balaban J connectivity index is 1.55. The number of aryl methyl sites for hydroxylation is 1. The first kappa shape index (κ1) is 21.6. The molecule has 0 aromatic carbocycles. The summed E-state index contributed by atoms with van der Waals surface area (Å²) in [6.07, 6.45) is 8.29. The van der Waals surface area contributed by atoms with Gasteiger partial charge in [-0.15, -0.1) is 5.10 Å². The normalized spacial score (nSPS) is 18.1. The van der Waals surface area contributed by atoms with E-state index in [2.05, 4.69) is 37.1 Å². The molecular weight excluding hydrogens is 414 g/mol. The Morgan fingerprint density at radius 1 is 1.12 bits per heavy atom. The van der Waals surface area contributed by atoms with Crippen molar-refractivity contribution in [3.05, 3.63) is 48.4 Å². The van der Waals surface area contributed by atoms with Crippen molar-refractivity contribution in [3.63, 3.8) is 0 Å². The van der Waals surface area contributed by atoms with E-state index in [0.717, 1.165) is 47.0 Å². The van der Waals surface area contributed by atoms with Crippen LogP contribution >= 0.6 is 0 Å². The molecule has 4 aromatic heterocycles. The summed E-state index contributed by atoms with van der Waals surface area (Å²) >= 11 is 0. The van der Waals surface area contributed by atoms with Crippen LogP contribution < -0.4 is 5.32 Å². The molecule has 4 heterocycles. The Morgan fingerprint density at radius 2 is 1.97 bits per heavy atom. The van der Waals surface area contributed by atoms with Gasteiger partial charge in [-0.1, -0.05) is 6.07 Å². The highest BCUT2D eigenvalue weighted by molar-refractivity contribution is 5.82. The van der Waals surface area contributed by atoms with Crippen LogP contribution in [0.1, 0.15) is 38.3 Å². The molecule has 1 saturated carbocycles. The van der Waals surface area contributed by atoms with Gasteiger partial charge in [0.2, 0.25) is 5.82 Å². The average Bonchev–Trinajstić information content (AvgIpc) is 3.42. The summed E-state index contributed by atoms with van der Waals surface area (Å²) in [5.74, 6) is 2.64.